The van der Waals surface area contributed by atoms with Gasteiger partial charge in [-0.1, -0.05) is 6.92 Å². The van der Waals surface area contributed by atoms with Crippen molar-refractivity contribution in [3.63, 3.8) is 0 Å². The molecule has 0 aliphatic carbocycles. The lowest BCUT2D eigenvalue weighted by Crippen LogP contribution is -2.35. The molecule has 0 bridgehead atoms. The van der Waals surface area contributed by atoms with E-state index in [1.54, 1.807) is 0 Å². The molecule has 1 aromatic rings. The van der Waals surface area contributed by atoms with Crippen LogP contribution in [0.4, 0.5) is 0 Å². The van der Waals surface area contributed by atoms with E-state index in [2.05, 4.69) is 31.1 Å². The normalized spacial score (nSPS) is 27.2. The van der Waals surface area contributed by atoms with Crippen molar-refractivity contribution in [1.29, 1.82) is 0 Å². The van der Waals surface area contributed by atoms with Crippen molar-refractivity contribution in [1.82, 2.24) is 10.3 Å². The highest BCUT2D eigenvalue weighted by Crippen LogP contribution is 2.24. The fourth-order valence-electron chi connectivity index (χ4n) is 2.51. The predicted molar refractivity (Wildman–Crippen MR) is 75.3 cm³/mol. The molecule has 19 heavy (non-hydrogen) atoms. The van der Waals surface area contributed by atoms with Gasteiger partial charge in [-0.05, 0) is 26.5 Å². The van der Waals surface area contributed by atoms with Gasteiger partial charge in [-0.15, -0.1) is 0 Å². The molecule has 4 heteroatoms. The van der Waals surface area contributed by atoms with Gasteiger partial charge in [0.05, 0.1) is 17.9 Å². The van der Waals surface area contributed by atoms with E-state index >= 15 is 0 Å². The van der Waals surface area contributed by atoms with Crippen molar-refractivity contribution in [2.24, 2.45) is 0 Å². The number of aromatic nitrogens is 1. The maximum absolute atomic E-state index is 6.07. The van der Waals surface area contributed by atoms with Gasteiger partial charge in [-0.25, -0.2) is 0 Å². The molecule has 1 fully saturated rings. The van der Waals surface area contributed by atoms with Crippen molar-refractivity contribution in [3.8, 4) is 5.75 Å². The van der Waals surface area contributed by atoms with Gasteiger partial charge in [0.25, 0.3) is 0 Å². The van der Waals surface area contributed by atoms with Crippen molar-refractivity contribution in [2.45, 2.75) is 58.5 Å². The molecule has 1 aromatic heterocycles. The minimum atomic E-state index is 0.244. The Morgan fingerprint density at radius 3 is 2.79 bits per heavy atom. The van der Waals surface area contributed by atoms with Crippen molar-refractivity contribution in [3.05, 3.63) is 24.0 Å². The van der Waals surface area contributed by atoms with E-state index in [0.29, 0.717) is 0 Å². The highest BCUT2D eigenvalue weighted by atomic mass is 16.5. The third-order valence-electron chi connectivity index (χ3n) is 3.30. The van der Waals surface area contributed by atoms with Crippen LogP contribution in [0.25, 0.3) is 0 Å². The fourth-order valence-corrected chi connectivity index (χ4v) is 2.51. The Kier molecular flexibility index (Phi) is 5.16. The first-order valence-corrected chi connectivity index (χ1v) is 7.15. The number of hydrogen-bond donors (Lipinski definition) is 1. The third kappa shape index (κ3) is 4.48. The van der Waals surface area contributed by atoms with Gasteiger partial charge in [0, 0.05) is 31.6 Å². The zero-order valence-electron chi connectivity index (χ0n) is 12.1. The maximum atomic E-state index is 6.07. The summed E-state index contributed by atoms with van der Waals surface area (Å²) >= 11 is 0. The van der Waals surface area contributed by atoms with Crippen LogP contribution in [-0.4, -0.2) is 29.8 Å². The van der Waals surface area contributed by atoms with E-state index < -0.39 is 0 Å². The summed E-state index contributed by atoms with van der Waals surface area (Å²) in [5, 5.41) is 3.27. The van der Waals surface area contributed by atoms with E-state index in [1.807, 2.05) is 18.3 Å². The lowest BCUT2D eigenvalue weighted by atomic mass is 10.0. The minimum absolute atomic E-state index is 0.244. The Morgan fingerprint density at radius 2 is 2.11 bits per heavy atom. The van der Waals surface area contributed by atoms with Crippen LogP contribution < -0.4 is 10.1 Å². The lowest BCUT2D eigenvalue weighted by Gasteiger charge is -2.32. The number of rotatable bonds is 5. The van der Waals surface area contributed by atoms with Crippen LogP contribution in [0.15, 0.2) is 18.3 Å². The van der Waals surface area contributed by atoms with Gasteiger partial charge >= 0.3 is 0 Å². The van der Waals surface area contributed by atoms with Crippen LogP contribution in [0.3, 0.4) is 0 Å². The van der Waals surface area contributed by atoms with E-state index in [-0.39, 0.29) is 18.3 Å². The molecule has 4 nitrogen and oxygen atoms in total. The number of ether oxygens (including phenoxy) is 2. The summed E-state index contributed by atoms with van der Waals surface area (Å²) in [7, 11) is 0. The quantitative estimate of drug-likeness (QED) is 0.887. The van der Waals surface area contributed by atoms with E-state index in [4.69, 9.17) is 9.47 Å². The second-order valence-corrected chi connectivity index (χ2v) is 5.23. The molecule has 1 aliphatic rings. The van der Waals surface area contributed by atoms with E-state index in [1.165, 1.54) is 0 Å². The summed E-state index contributed by atoms with van der Waals surface area (Å²) in [5.41, 5.74) is 1.02. The first kappa shape index (κ1) is 14.3. The molecule has 1 saturated heterocycles. The molecular weight excluding hydrogens is 240 g/mol. The zero-order chi connectivity index (χ0) is 13.7. The predicted octanol–water partition coefficient (Wildman–Crippen LogP) is 2.53. The Bertz CT molecular complexity index is 387. The topological polar surface area (TPSA) is 43.4 Å². The number of hydrogen-bond acceptors (Lipinski definition) is 4. The smallest absolute Gasteiger partial charge is 0.123 e. The van der Waals surface area contributed by atoms with Crippen LogP contribution in [0.2, 0.25) is 0 Å². The highest BCUT2D eigenvalue weighted by Gasteiger charge is 2.25. The molecule has 0 radical (unpaired) electrons. The molecule has 1 N–H and O–H groups in total. The first-order chi connectivity index (χ1) is 9.17. The van der Waals surface area contributed by atoms with Crippen LogP contribution in [0, 0.1) is 0 Å². The molecule has 2 rings (SSSR count). The first-order valence-electron chi connectivity index (χ1n) is 7.15. The largest absolute Gasteiger partial charge is 0.490 e. The molecule has 2 heterocycles. The van der Waals surface area contributed by atoms with Gasteiger partial charge in [0.15, 0.2) is 0 Å². The molecule has 0 aromatic carbocycles. The SMILES string of the molecule is CCNCc1cc(OC2CC(C)OC(C)C2)ccn1. The second kappa shape index (κ2) is 6.87. The van der Waals surface area contributed by atoms with Crippen molar-refractivity contribution < 1.29 is 9.47 Å². The lowest BCUT2D eigenvalue weighted by molar-refractivity contribution is -0.0721. The van der Waals surface area contributed by atoms with Crippen LogP contribution in [0.1, 0.15) is 39.3 Å². The van der Waals surface area contributed by atoms with Crippen LogP contribution >= 0.6 is 0 Å². The molecule has 0 saturated carbocycles. The maximum Gasteiger partial charge on any atom is 0.123 e. The average molecular weight is 264 g/mol. The zero-order valence-corrected chi connectivity index (χ0v) is 12.1. The second-order valence-electron chi connectivity index (χ2n) is 5.23. The van der Waals surface area contributed by atoms with Crippen LogP contribution in [-0.2, 0) is 11.3 Å². The number of pyridine rings is 1. The highest BCUT2D eigenvalue weighted by molar-refractivity contribution is 5.23. The summed E-state index contributed by atoms with van der Waals surface area (Å²) in [5.74, 6) is 0.911. The fraction of sp³-hybridized carbons (Fsp3) is 0.667. The summed E-state index contributed by atoms with van der Waals surface area (Å²) in [6.07, 6.45) is 4.51. The van der Waals surface area contributed by atoms with Gasteiger partial charge < -0.3 is 14.8 Å². The van der Waals surface area contributed by atoms with Crippen LogP contribution in [0.5, 0.6) is 5.75 Å². The monoisotopic (exact) mass is 264 g/mol. The van der Waals surface area contributed by atoms with Gasteiger partial charge in [-0.2, -0.15) is 0 Å². The Hall–Kier alpha value is -1.13. The average Bonchev–Trinajstić information content (AvgIpc) is 2.35. The third-order valence-corrected chi connectivity index (χ3v) is 3.30. The Morgan fingerprint density at radius 1 is 1.37 bits per heavy atom. The minimum Gasteiger partial charge on any atom is -0.490 e. The summed E-state index contributed by atoms with van der Waals surface area (Å²) < 4.78 is 11.8. The standard InChI is InChI=1S/C15H24N2O2/c1-4-16-10-13-9-14(5-6-17-13)19-15-7-11(2)18-12(3)8-15/h5-6,9,11-12,15-16H,4,7-8,10H2,1-3H3. The molecule has 106 valence electrons. The summed E-state index contributed by atoms with van der Waals surface area (Å²) in [4.78, 5) is 4.33. The number of nitrogens with zero attached hydrogens (tertiary/aromatic N) is 1. The molecule has 2 unspecified atom stereocenters. The van der Waals surface area contributed by atoms with Gasteiger partial charge in [0.1, 0.15) is 11.9 Å². The molecule has 0 amide bonds. The van der Waals surface area contributed by atoms with Crippen molar-refractivity contribution >= 4 is 0 Å². The van der Waals surface area contributed by atoms with E-state index in [0.717, 1.165) is 37.4 Å². The summed E-state index contributed by atoms with van der Waals surface area (Å²) in [6.45, 7) is 8.03. The van der Waals surface area contributed by atoms with E-state index in [9.17, 15) is 0 Å². The molecule has 0 spiro atoms. The van der Waals surface area contributed by atoms with Gasteiger partial charge in [0.2, 0.25) is 0 Å². The molecule has 2 atom stereocenters. The summed E-state index contributed by atoms with van der Waals surface area (Å²) in [6, 6.07) is 3.95. The molecular formula is C15H24N2O2. The Labute approximate surface area is 115 Å². The molecule has 1 aliphatic heterocycles. The number of nitrogens with one attached hydrogen (secondary N) is 1. The van der Waals surface area contributed by atoms with Crippen molar-refractivity contribution in [2.75, 3.05) is 6.54 Å². The Balaban J connectivity index is 1.94. The van der Waals surface area contributed by atoms with Gasteiger partial charge in [-0.3, -0.25) is 4.98 Å².